The largest absolute Gasteiger partial charge is 0.354 e. The lowest BCUT2D eigenvalue weighted by Gasteiger charge is -2.24. The lowest BCUT2D eigenvalue weighted by molar-refractivity contribution is -0.127. The van der Waals surface area contributed by atoms with E-state index in [9.17, 15) is 14.4 Å². The van der Waals surface area contributed by atoms with Crippen LogP contribution in [0.1, 0.15) is 40.0 Å². The van der Waals surface area contributed by atoms with Gasteiger partial charge < -0.3 is 5.32 Å². The van der Waals surface area contributed by atoms with Gasteiger partial charge in [0.25, 0.3) is 11.8 Å². The van der Waals surface area contributed by atoms with Crippen molar-refractivity contribution in [3.63, 3.8) is 0 Å². The standard InChI is InChI=1S/C19H18N2O3/c22-17(12-6-3-7-12)20-8-9-21-18(23)15-10-13-4-1-2-5-14(13)11-16(15)19(21)24/h1-2,4-5,10-12H,3,6-9H2,(H,20,22). The van der Waals surface area contributed by atoms with E-state index in [2.05, 4.69) is 5.32 Å². The van der Waals surface area contributed by atoms with Crippen LogP contribution in [0.3, 0.4) is 0 Å². The van der Waals surface area contributed by atoms with Crippen LogP contribution in [-0.2, 0) is 4.79 Å². The molecule has 2 aliphatic rings. The van der Waals surface area contributed by atoms with Crippen molar-refractivity contribution in [2.45, 2.75) is 19.3 Å². The minimum absolute atomic E-state index is 0.0311. The molecular weight excluding hydrogens is 304 g/mol. The van der Waals surface area contributed by atoms with Crippen LogP contribution in [0.2, 0.25) is 0 Å². The summed E-state index contributed by atoms with van der Waals surface area (Å²) in [5.74, 6) is -0.418. The van der Waals surface area contributed by atoms with Gasteiger partial charge in [-0.15, -0.1) is 0 Å². The third kappa shape index (κ3) is 2.37. The van der Waals surface area contributed by atoms with Gasteiger partial charge in [-0.25, -0.2) is 0 Å². The maximum atomic E-state index is 12.5. The molecule has 5 heteroatoms. The number of amides is 3. The van der Waals surface area contributed by atoms with Crippen LogP contribution in [0.15, 0.2) is 36.4 Å². The Morgan fingerprint density at radius 3 is 2.12 bits per heavy atom. The monoisotopic (exact) mass is 322 g/mol. The molecule has 0 spiro atoms. The predicted octanol–water partition coefficient (Wildman–Crippen LogP) is 2.35. The Labute approximate surface area is 139 Å². The van der Waals surface area contributed by atoms with E-state index < -0.39 is 0 Å². The van der Waals surface area contributed by atoms with Gasteiger partial charge in [-0.05, 0) is 35.7 Å². The van der Waals surface area contributed by atoms with E-state index >= 15 is 0 Å². The van der Waals surface area contributed by atoms with E-state index in [0.29, 0.717) is 17.7 Å². The second-order valence-electron chi connectivity index (χ2n) is 6.43. The van der Waals surface area contributed by atoms with E-state index in [-0.39, 0.29) is 30.2 Å². The van der Waals surface area contributed by atoms with Gasteiger partial charge in [0, 0.05) is 19.0 Å². The summed E-state index contributed by atoms with van der Waals surface area (Å²) < 4.78 is 0. The van der Waals surface area contributed by atoms with Crippen LogP contribution < -0.4 is 5.32 Å². The Bertz CT molecular complexity index is 800. The Morgan fingerprint density at radius 2 is 1.62 bits per heavy atom. The van der Waals surface area contributed by atoms with Crippen molar-refractivity contribution in [1.29, 1.82) is 0 Å². The zero-order chi connectivity index (χ0) is 16.7. The average molecular weight is 322 g/mol. The van der Waals surface area contributed by atoms with Gasteiger partial charge in [-0.3, -0.25) is 19.3 Å². The van der Waals surface area contributed by atoms with Gasteiger partial charge in [-0.2, -0.15) is 0 Å². The fraction of sp³-hybridized carbons (Fsp3) is 0.316. The number of nitrogens with one attached hydrogen (secondary N) is 1. The molecule has 1 saturated carbocycles. The van der Waals surface area contributed by atoms with Crippen molar-refractivity contribution < 1.29 is 14.4 Å². The molecule has 5 nitrogen and oxygen atoms in total. The van der Waals surface area contributed by atoms with Crippen molar-refractivity contribution in [1.82, 2.24) is 10.2 Å². The normalized spacial score (nSPS) is 17.1. The predicted molar refractivity (Wildman–Crippen MR) is 89.7 cm³/mol. The number of imide groups is 1. The Balaban J connectivity index is 1.49. The number of nitrogens with zero attached hydrogens (tertiary/aromatic N) is 1. The summed E-state index contributed by atoms with van der Waals surface area (Å²) in [4.78, 5) is 38.1. The van der Waals surface area contributed by atoms with Crippen molar-refractivity contribution >= 4 is 28.5 Å². The lowest BCUT2D eigenvalue weighted by atomic mass is 9.85. The molecule has 1 fully saturated rings. The van der Waals surface area contributed by atoms with E-state index in [1.165, 1.54) is 4.90 Å². The number of fused-ring (bicyclic) bond motifs is 2. The van der Waals surface area contributed by atoms with Crippen LogP contribution in [0, 0.1) is 5.92 Å². The third-order valence-corrected chi connectivity index (χ3v) is 4.95. The fourth-order valence-electron chi connectivity index (χ4n) is 3.29. The van der Waals surface area contributed by atoms with Crippen LogP contribution in [0.4, 0.5) is 0 Å². The molecule has 0 aromatic heterocycles. The Kier molecular flexibility index (Phi) is 3.56. The molecule has 122 valence electrons. The number of hydrogen-bond donors (Lipinski definition) is 1. The van der Waals surface area contributed by atoms with Gasteiger partial charge in [0.15, 0.2) is 0 Å². The number of carbonyl (C=O) groups excluding carboxylic acids is 3. The molecule has 1 aliphatic heterocycles. The first-order valence-electron chi connectivity index (χ1n) is 8.32. The maximum Gasteiger partial charge on any atom is 0.261 e. The van der Waals surface area contributed by atoms with Gasteiger partial charge in [0.1, 0.15) is 0 Å². The summed E-state index contributed by atoms with van der Waals surface area (Å²) in [5, 5.41) is 4.71. The highest BCUT2D eigenvalue weighted by Gasteiger charge is 2.35. The second kappa shape index (κ2) is 5.74. The van der Waals surface area contributed by atoms with Crippen molar-refractivity contribution in [3.8, 4) is 0 Å². The van der Waals surface area contributed by atoms with E-state index in [4.69, 9.17) is 0 Å². The SMILES string of the molecule is O=C(NCCN1C(=O)c2cc3ccccc3cc2C1=O)C1CCC1. The molecule has 1 N–H and O–H groups in total. The average Bonchev–Trinajstić information content (AvgIpc) is 2.76. The topological polar surface area (TPSA) is 66.5 Å². The van der Waals surface area contributed by atoms with Crippen LogP contribution in [0.5, 0.6) is 0 Å². The summed E-state index contributed by atoms with van der Waals surface area (Å²) in [5.41, 5.74) is 0.896. The molecule has 1 aliphatic carbocycles. The molecule has 2 aromatic carbocycles. The highest BCUT2D eigenvalue weighted by Crippen LogP contribution is 2.28. The van der Waals surface area contributed by atoms with Gasteiger partial charge in [-0.1, -0.05) is 30.7 Å². The molecule has 0 atom stereocenters. The van der Waals surface area contributed by atoms with Crippen LogP contribution in [-0.4, -0.2) is 35.7 Å². The van der Waals surface area contributed by atoms with E-state index in [1.54, 1.807) is 12.1 Å². The van der Waals surface area contributed by atoms with E-state index in [1.807, 2.05) is 24.3 Å². The first-order chi connectivity index (χ1) is 11.6. The highest BCUT2D eigenvalue weighted by molar-refractivity contribution is 6.23. The first-order valence-corrected chi connectivity index (χ1v) is 8.32. The first kappa shape index (κ1) is 14.9. The zero-order valence-corrected chi connectivity index (χ0v) is 13.2. The minimum atomic E-state index is -0.279. The number of hydrogen-bond acceptors (Lipinski definition) is 3. The molecule has 2 aromatic rings. The maximum absolute atomic E-state index is 12.5. The Morgan fingerprint density at radius 1 is 1.04 bits per heavy atom. The summed E-state index contributed by atoms with van der Waals surface area (Å²) in [6.45, 7) is 0.515. The minimum Gasteiger partial charge on any atom is -0.354 e. The van der Waals surface area contributed by atoms with Crippen LogP contribution in [0.25, 0.3) is 10.8 Å². The van der Waals surface area contributed by atoms with Gasteiger partial charge in [0.05, 0.1) is 11.1 Å². The molecule has 3 amide bonds. The quantitative estimate of drug-likeness (QED) is 0.879. The molecule has 24 heavy (non-hydrogen) atoms. The summed E-state index contributed by atoms with van der Waals surface area (Å²) in [6, 6.07) is 11.2. The molecule has 0 radical (unpaired) electrons. The fourth-order valence-corrected chi connectivity index (χ4v) is 3.29. The molecular formula is C19H18N2O3. The summed E-state index contributed by atoms with van der Waals surface area (Å²) in [6.07, 6.45) is 2.97. The second-order valence-corrected chi connectivity index (χ2v) is 6.43. The van der Waals surface area contributed by atoms with Gasteiger partial charge in [0.2, 0.25) is 5.91 Å². The number of rotatable bonds is 4. The third-order valence-electron chi connectivity index (χ3n) is 4.95. The molecule has 0 unspecified atom stereocenters. The molecule has 0 saturated heterocycles. The summed E-state index contributed by atoms with van der Waals surface area (Å²) in [7, 11) is 0. The number of benzene rings is 2. The molecule has 1 heterocycles. The lowest BCUT2D eigenvalue weighted by Crippen LogP contribution is -2.41. The van der Waals surface area contributed by atoms with Crippen molar-refractivity contribution in [2.75, 3.05) is 13.1 Å². The summed E-state index contributed by atoms with van der Waals surface area (Å²) >= 11 is 0. The zero-order valence-electron chi connectivity index (χ0n) is 13.2. The van der Waals surface area contributed by atoms with E-state index in [0.717, 1.165) is 30.0 Å². The van der Waals surface area contributed by atoms with Crippen LogP contribution >= 0.6 is 0 Å². The molecule has 4 rings (SSSR count). The Hall–Kier alpha value is -2.69. The van der Waals surface area contributed by atoms with Crippen molar-refractivity contribution in [3.05, 3.63) is 47.5 Å². The number of carbonyl (C=O) groups is 3. The molecule has 0 bridgehead atoms. The van der Waals surface area contributed by atoms with Gasteiger partial charge >= 0.3 is 0 Å². The smallest absolute Gasteiger partial charge is 0.261 e. The van der Waals surface area contributed by atoms with Crippen molar-refractivity contribution in [2.24, 2.45) is 5.92 Å². The highest BCUT2D eigenvalue weighted by atomic mass is 16.2.